The number of carbonyl (C=O) groups is 3. The number of rotatable bonds is 11. The summed E-state index contributed by atoms with van der Waals surface area (Å²) in [4.78, 5) is 35.9. The van der Waals surface area contributed by atoms with Gasteiger partial charge in [-0.1, -0.05) is 55.5 Å². The van der Waals surface area contributed by atoms with Crippen LogP contribution in [0.3, 0.4) is 0 Å². The minimum Gasteiger partial charge on any atom is -0.480 e. The van der Waals surface area contributed by atoms with E-state index in [9.17, 15) is 19.5 Å². The summed E-state index contributed by atoms with van der Waals surface area (Å²) in [6.45, 7) is 3.90. The van der Waals surface area contributed by atoms with E-state index in [-0.39, 0.29) is 18.4 Å². The minimum atomic E-state index is -1.15. The summed E-state index contributed by atoms with van der Waals surface area (Å²) in [6.07, 6.45) is -0.109. The number of methoxy groups -OCH3 is 1. The van der Waals surface area contributed by atoms with Gasteiger partial charge in [0, 0.05) is 25.5 Å². The summed E-state index contributed by atoms with van der Waals surface area (Å²) in [5.41, 5.74) is 4.64. The fraction of sp³-hybridized carbons (Fsp3) is 0.423. The SMILES string of the molecule is CO[C@H](C)[C@H](NC(=O)C(C)CCCNC(=O)OCC1c2ccccc2-c2ccccc21)C(=O)O. The normalized spacial score (nSPS) is 14.9. The van der Waals surface area contributed by atoms with E-state index in [0.717, 1.165) is 11.1 Å². The first-order valence-corrected chi connectivity index (χ1v) is 11.5. The molecule has 0 saturated heterocycles. The number of carboxylic acids is 1. The Morgan fingerprint density at radius 1 is 1.00 bits per heavy atom. The summed E-state index contributed by atoms with van der Waals surface area (Å²) >= 11 is 0. The standard InChI is InChI=1S/C26H32N2O6/c1-16(24(29)28-23(25(30)31)17(2)33-3)9-8-14-27-26(32)34-15-22-20-12-6-4-10-18(20)19-11-5-7-13-21(19)22/h4-7,10-13,16-17,22-23H,8-9,14-15H2,1-3H3,(H,27,32)(H,28,29)(H,30,31)/t16?,17-,23+/m1/s1. The van der Waals surface area contributed by atoms with Gasteiger partial charge in [-0.15, -0.1) is 0 Å². The lowest BCUT2D eigenvalue weighted by molar-refractivity contribution is -0.146. The second-order valence-electron chi connectivity index (χ2n) is 8.56. The molecule has 0 bridgehead atoms. The molecule has 0 aromatic heterocycles. The van der Waals surface area contributed by atoms with E-state index in [1.54, 1.807) is 13.8 Å². The average molecular weight is 469 g/mol. The highest BCUT2D eigenvalue weighted by molar-refractivity contribution is 5.85. The Labute approximate surface area is 199 Å². The van der Waals surface area contributed by atoms with Crippen molar-refractivity contribution >= 4 is 18.0 Å². The lowest BCUT2D eigenvalue weighted by atomic mass is 9.98. The average Bonchev–Trinajstić information content (AvgIpc) is 3.16. The van der Waals surface area contributed by atoms with E-state index in [4.69, 9.17) is 9.47 Å². The molecule has 2 aromatic rings. The van der Waals surface area contributed by atoms with Gasteiger partial charge in [-0.3, -0.25) is 4.79 Å². The van der Waals surface area contributed by atoms with Crippen LogP contribution in [0.4, 0.5) is 4.79 Å². The van der Waals surface area contributed by atoms with Gasteiger partial charge in [-0.25, -0.2) is 9.59 Å². The Hall–Kier alpha value is -3.39. The molecule has 8 heteroatoms. The second kappa shape index (κ2) is 11.7. The van der Waals surface area contributed by atoms with Gasteiger partial charge in [0.1, 0.15) is 6.61 Å². The summed E-state index contributed by atoms with van der Waals surface area (Å²) in [6, 6.07) is 15.2. The van der Waals surface area contributed by atoms with Crippen molar-refractivity contribution in [2.45, 2.75) is 44.8 Å². The van der Waals surface area contributed by atoms with Crippen LogP contribution in [-0.2, 0) is 19.1 Å². The minimum absolute atomic E-state index is 0.00135. The van der Waals surface area contributed by atoms with E-state index in [1.807, 2.05) is 24.3 Å². The Morgan fingerprint density at radius 2 is 1.59 bits per heavy atom. The van der Waals surface area contributed by atoms with Gasteiger partial charge in [0.25, 0.3) is 0 Å². The third-order valence-corrected chi connectivity index (χ3v) is 6.28. The van der Waals surface area contributed by atoms with Gasteiger partial charge in [0.2, 0.25) is 5.91 Å². The number of carbonyl (C=O) groups excluding carboxylic acids is 2. The van der Waals surface area contributed by atoms with Gasteiger partial charge < -0.3 is 25.2 Å². The molecule has 0 heterocycles. The van der Waals surface area contributed by atoms with Gasteiger partial charge >= 0.3 is 12.1 Å². The monoisotopic (exact) mass is 468 g/mol. The van der Waals surface area contributed by atoms with Crippen LogP contribution in [0.25, 0.3) is 11.1 Å². The molecule has 3 rings (SSSR count). The summed E-state index contributed by atoms with van der Waals surface area (Å²) < 4.78 is 10.5. The molecule has 3 N–H and O–H groups in total. The first kappa shape index (κ1) is 25.2. The number of carboxylic acid groups (broad SMARTS) is 1. The zero-order valence-electron chi connectivity index (χ0n) is 19.7. The fourth-order valence-corrected chi connectivity index (χ4v) is 4.19. The molecule has 0 spiro atoms. The van der Waals surface area contributed by atoms with Crippen molar-refractivity contribution in [3.63, 3.8) is 0 Å². The van der Waals surface area contributed by atoms with Crippen molar-refractivity contribution in [2.24, 2.45) is 5.92 Å². The van der Waals surface area contributed by atoms with Crippen molar-refractivity contribution < 1.29 is 29.0 Å². The zero-order valence-corrected chi connectivity index (χ0v) is 19.7. The number of hydrogen-bond acceptors (Lipinski definition) is 5. The molecule has 2 amide bonds. The Morgan fingerprint density at radius 3 is 2.15 bits per heavy atom. The largest absolute Gasteiger partial charge is 0.480 e. The molecule has 1 unspecified atom stereocenters. The quantitative estimate of drug-likeness (QED) is 0.435. The van der Waals surface area contributed by atoms with E-state index < -0.39 is 30.1 Å². The van der Waals surface area contributed by atoms with E-state index in [1.165, 1.54) is 18.2 Å². The van der Waals surface area contributed by atoms with E-state index >= 15 is 0 Å². The number of ether oxygens (including phenoxy) is 2. The van der Waals surface area contributed by atoms with Crippen LogP contribution in [0.15, 0.2) is 48.5 Å². The van der Waals surface area contributed by atoms with Crippen molar-refractivity contribution in [1.29, 1.82) is 0 Å². The molecular weight excluding hydrogens is 436 g/mol. The van der Waals surface area contributed by atoms with Crippen LogP contribution in [0.2, 0.25) is 0 Å². The third kappa shape index (κ3) is 5.94. The Bertz CT molecular complexity index is 978. The maximum atomic E-state index is 12.3. The highest BCUT2D eigenvalue weighted by Crippen LogP contribution is 2.44. The summed E-state index contributed by atoms with van der Waals surface area (Å²) in [5, 5.41) is 14.5. The predicted octanol–water partition coefficient (Wildman–Crippen LogP) is 3.55. The Kier molecular flexibility index (Phi) is 8.65. The third-order valence-electron chi connectivity index (χ3n) is 6.28. The smallest absolute Gasteiger partial charge is 0.407 e. The molecule has 0 saturated carbocycles. The number of benzene rings is 2. The second-order valence-corrected chi connectivity index (χ2v) is 8.56. The van der Waals surface area contributed by atoms with Crippen LogP contribution >= 0.6 is 0 Å². The molecule has 34 heavy (non-hydrogen) atoms. The topological polar surface area (TPSA) is 114 Å². The maximum absolute atomic E-state index is 12.3. The molecule has 2 aromatic carbocycles. The zero-order chi connectivity index (χ0) is 24.7. The maximum Gasteiger partial charge on any atom is 0.407 e. The van der Waals surface area contributed by atoms with Gasteiger partial charge in [-0.2, -0.15) is 0 Å². The predicted molar refractivity (Wildman–Crippen MR) is 128 cm³/mol. The first-order chi connectivity index (χ1) is 16.3. The van der Waals surface area contributed by atoms with Crippen molar-refractivity contribution in [1.82, 2.24) is 10.6 Å². The van der Waals surface area contributed by atoms with Crippen LogP contribution in [0.1, 0.15) is 43.7 Å². The molecule has 8 nitrogen and oxygen atoms in total. The molecule has 1 aliphatic rings. The first-order valence-electron chi connectivity index (χ1n) is 11.5. The molecule has 0 radical (unpaired) electrons. The molecule has 182 valence electrons. The summed E-state index contributed by atoms with van der Waals surface area (Å²) in [7, 11) is 1.39. The highest BCUT2D eigenvalue weighted by atomic mass is 16.5. The summed E-state index contributed by atoms with van der Waals surface area (Å²) in [5.74, 6) is -1.92. The van der Waals surface area contributed by atoms with Crippen LogP contribution < -0.4 is 10.6 Å². The number of hydrogen-bond donors (Lipinski definition) is 3. The van der Waals surface area contributed by atoms with E-state index in [0.29, 0.717) is 19.4 Å². The molecule has 0 fully saturated rings. The number of aliphatic carboxylic acids is 1. The number of nitrogens with one attached hydrogen (secondary N) is 2. The van der Waals surface area contributed by atoms with Crippen molar-refractivity contribution in [3.05, 3.63) is 59.7 Å². The lowest BCUT2D eigenvalue weighted by Gasteiger charge is -2.22. The Balaban J connectivity index is 1.42. The van der Waals surface area contributed by atoms with Crippen molar-refractivity contribution in [3.8, 4) is 11.1 Å². The molecule has 0 aliphatic heterocycles. The molecular formula is C26H32N2O6. The van der Waals surface area contributed by atoms with Crippen LogP contribution in [0.5, 0.6) is 0 Å². The van der Waals surface area contributed by atoms with Gasteiger partial charge in [-0.05, 0) is 42.0 Å². The van der Waals surface area contributed by atoms with Gasteiger partial charge in [0.05, 0.1) is 6.10 Å². The van der Waals surface area contributed by atoms with Gasteiger partial charge in [0.15, 0.2) is 6.04 Å². The number of fused-ring (bicyclic) bond motifs is 3. The van der Waals surface area contributed by atoms with Crippen LogP contribution in [-0.4, -0.2) is 55.5 Å². The lowest BCUT2D eigenvalue weighted by Crippen LogP contribution is -2.49. The molecule has 1 aliphatic carbocycles. The van der Waals surface area contributed by atoms with Crippen molar-refractivity contribution in [2.75, 3.05) is 20.3 Å². The molecule has 3 atom stereocenters. The number of amides is 2. The highest BCUT2D eigenvalue weighted by Gasteiger charge is 2.29. The fourth-order valence-electron chi connectivity index (χ4n) is 4.19. The number of alkyl carbamates (subject to hydrolysis) is 1. The van der Waals surface area contributed by atoms with Crippen LogP contribution in [0, 0.1) is 5.92 Å². The van der Waals surface area contributed by atoms with E-state index in [2.05, 4.69) is 34.9 Å².